The molecule has 4 N–H and O–H groups in total. The van der Waals surface area contributed by atoms with Crippen LogP contribution < -0.4 is 5.32 Å². The second-order valence-corrected chi connectivity index (χ2v) is 9.29. The van der Waals surface area contributed by atoms with E-state index in [9.17, 15) is 15.0 Å². The minimum absolute atomic E-state index is 0.0639. The number of amides is 1. The molecule has 0 saturated heterocycles. The van der Waals surface area contributed by atoms with Crippen LogP contribution in [0.1, 0.15) is 23.0 Å². The molecule has 0 aliphatic heterocycles. The lowest BCUT2D eigenvalue weighted by molar-refractivity contribution is 0.0346. The lowest BCUT2D eigenvalue weighted by Gasteiger charge is -2.35. The second-order valence-electron chi connectivity index (χ2n) is 8.86. The number of aromatic nitrogens is 3. The summed E-state index contributed by atoms with van der Waals surface area (Å²) in [5.74, 6) is -1.15. The number of H-pyrrole nitrogens is 1. The van der Waals surface area contributed by atoms with Crippen LogP contribution in [0.3, 0.4) is 0 Å². The predicted octanol–water partition coefficient (Wildman–Crippen LogP) is 4.26. The van der Waals surface area contributed by atoms with Gasteiger partial charge in [-0.1, -0.05) is 42.8 Å². The number of aromatic amines is 1. The molecule has 186 valence electrons. The van der Waals surface area contributed by atoms with Gasteiger partial charge in [0.05, 0.1) is 30.2 Å². The molecule has 2 aromatic heterocycles. The summed E-state index contributed by atoms with van der Waals surface area (Å²) >= 11 is 5.96. The van der Waals surface area contributed by atoms with Gasteiger partial charge in [0.2, 0.25) is 0 Å². The number of halogens is 2. The molecule has 9 heteroatoms. The van der Waals surface area contributed by atoms with Gasteiger partial charge in [-0.3, -0.25) is 14.9 Å². The normalized spacial score (nSPS) is 12.4. The average molecular weight is 509 g/mol. The van der Waals surface area contributed by atoms with Gasteiger partial charge in [0.25, 0.3) is 5.91 Å². The Hall–Kier alpha value is -3.59. The van der Waals surface area contributed by atoms with Crippen molar-refractivity contribution in [3.8, 4) is 22.5 Å². The number of rotatable bonds is 9. The van der Waals surface area contributed by atoms with Gasteiger partial charge in [0.15, 0.2) is 0 Å². The Bertz CT molecular complexity index is 1320. The van der Waals surface area contributed by atoms with Gasteiger partial charge < -0.3 is 15.5 Å². The van der Waals surface area contributed by atoms with Gasteiger partial charge in [0, 0.05) is 45.9 Å². The van der Waals surface area contributed by atoms with Crippen molar-refractivity contribution in [3.05, 3.63) is 95.0 Å². The van der Waals surface area contributed by atoms with Crippen molar-refractivity contribution in [1.29, 1.82) is 0 Å². The summed E-state index contributed by atoms with van der Waals surface area (Å²) < 4.78 is 15.1. The van der Waals surface area contributed by atoms with Gasteiger partial charge in [0.1, 0.15) is 5.82 Å². The van der Waals surface area contributed by atoms with Crippen LogP contribution in [0.25, 0.3) is 22.5 Å². The molecule has 4 aromatic rings. The monoisotopic (exact) mass is 508 g/mol. The summed E-state index contributed by atoms with van der Waals surface area (Å²) in [4.78, 5) is 17.8. The van der Waals surface area contributed by atoms with E-state index in [-0.39, 0.29) is 30.8 Å². The van der Waals surface area contributed by atoms with Crippen LogP contribution in [0, 0.1) is 11.2 Å². The second kappa shape index (κ2) is 11.0. The Morgan fingerprint density at radius 2 is 1.86 bits per heavy atom. The van der Waals surface area contributed by atoms with Gasteiger partial charge in [-0.25, -0.2) is 4.39 Å². The maximum Gasteiger partial charge on any atom is 0.252 e. The molecule has 0 bridgehead atoms. The summed E-state index contributed by atoms with van der Waals surface area (Å²) in [5.41, 5.74) is 1.46. The molecule has 36 heavy (non-hydrogen) atoms. The summed E-state index contributed by atoms with van der Waals surface area (Å²) in [6.07, 6.45) is 1.89. The maximum atomic E-state index is 15.1. The zero-order chi connectivity index (χ0) is 25.7. The first-order valence-electron chi connectivity index (χ1n) is 11.4. The zero-order valence-electron chi connectivity index (χ0n) is 19.6. The molecule has 2 heterocycles. The number of carbonyl (C=O) groups is 1. The topological polar surface area (TPSA) is 111 Å². The molecule has 0 spiro atoms. The highest BCUT2D eigenvalue weighted by atomic mass is 35.5. The Kier molecular flexibility index (Phi) is 7.79. The molecule has 0 aliphatic carbocycles. The summed E-state index contributed by atoms with van der Waals surface area (Å²) in [7, 11) is 0. The van der Waals surface area contributed by atoms with Gasteiger partial charge >= 0.3 is 0 Å². The van der Waals surface area contributed by atoms with Gasteiger partial charge in [-0.2, -0.15) is 5.10 Å². The number of nitrogens with zero attached hydrogens (tertiary/aromatic N) is 2. The number of carbonyl (C=O) groups excluding carboxylic acids is 1. The smallest absolute Gasteiger partial charge is 0.252 e. The van der Waals surface area contributed by atoms with E-state index in [4.69, 9.17) is 11.6 Å². The van der Waals surface area contributed by atoms with E-state index in [2.05, 4.69) is 20.5 Å². The van der Waals surface area contributed by atoms with Crippen molar-refractivity contribution in [2.24, 2.45) is 5.41 Å². The predicted molar refractivity (Wildman–Crippen MR) is 136 cm³/mol. The minimum atomic E-state index is -1.05. The first kappa shape index (κ1) is 25.5. The van der Waals surface area contributed by atoms with Gasteiger partial charge in [-0.15, -0.1) is 0 Å². The lowest BCUT2D eigenvalue weighted by atomic mass is 9.81. The molecule has 0 radical (unpaired) electrons. The Morgan fingerprint density at radius 3 is 2.53 bits per heavy atom. The Labute approximate surface area is 213 Å². The molecule has 1 atom stereocenters. The molecule has 4 rings (SSSR count). The number of hydrogen-bond acceptors (Lipinski definition) is 5. The fraction of sp³-hybridized carbons (Fsp3) is 0.222. The lowest BCUT2D eigenvalue weighted by Crippen LogP contribution is -2.51. The van der Waals surface area contributed by atoms with E-state index in [1.54, 1.807) is 55.6 Å². The van der Waals surface area contributed by atoms with Crippen LogP contribution in [0.5, 0.6) is 0 Å². The third-order valence-electron chi connectivity index (χ3n) is 6.25. The molecule has 1 amide bonds. The van der Waals surface area contributed by atoms with Crippen LogP contribution in [0.2, 0.25) is 5.02 Å². The average Bonchev–Trinajstić information content (AvgIpc) is 3.38. The first-order valence-corrected chi connectivity index (χ1v) is 11.7. The van der Waals surface area contributed by atoms with Crippen LogP contribution >= 0.6 is 11.6 Å². The Morgan fingerprint density at radius 1 is 1.11 bits per heavy atom. The molecule has 0 fully saturated rings. The van der Waals surface area contributed by atoms with E-state index in [1.807, 2.05) is 6.07 Å². The molecular formula is C27H26ClFN4O3. The van der Waals surface area contributed by atoms with Crippen LogP contribution in [0.4, 0.5) is 4.39 Å². The van der Waals surface area contributed by atoms with E-state index in [0.29, 0.717) is 22.1 Å². The highest BCUT2D eigenvalue weighted by Gasteiger charge is 2.35. The largest absolute Gasteiger partial charge is 0.396 e. The zero-order valence-corrected chi connectivity index (χ0v) is 20.3. The molecule has 2 aromatic carbocycles. The standard InChI is InChI=1S/C27H26ClFN4O3/c1-27(15-34,16-35)24(13-19-5-2-3-12-30-19)31-26(36)20-6-4-7-21(29)25(20)23-14-22(32-33-23)17-8-10-18(28)11-9-17/h2-12,14,24,34-35H,13,15-16H2,1H3,(H,31,36)(H,32,33)/t24-/m1/s1. The van der Waals surface area contributed by atoms with Crippen LogP contribution in [0.15, 0.2) is 72.9 Å². The van der Waals surface area contributed by atoms with Crippen molar-refractivity contribution >= 4 is 17.5 Å². The molecular weight excluding hydrogens is 483 g/mol. The minimum Gasteiger partial charge on any atom is -0.396 e. The van der Waals surface area contributed by atoms with Crippen molar-refractivity contribution in [2.75, 3.05) is 13.2 Å². The highest BCUT2D eigenvalue weighted by Crippen LogP contribution is 2.30. The first-order chi connectivity index (χ1) is 17.3. The van der Waals surface area contributed by atoms with Crippen LogP contribution in [-0.4, -0.2) is 50.6 Å². The van der Waals surface area contributed by atoms with Gasteiger partial charge in [-0.05, 0) is 42.5 Å². The summed E-state index contributed by atoms with van der Waals surface area (Å²) in [5, 5.41) is 30.6. The number of nitrogens with one attached hydrogen (secondary N) is 2. The third-order valence-corrected chi connectivity index (χ3v) is 6.51. The quantitative estimate of drug-likeness (QED) is 0.270. The fourth-order valence-electron chi connectivity index (χ4n) is 3.91. The van der Waals surface area contributed by atoms with E-state index in [0.717, 1.165) is 5.56 Å². The highest BCUT2D eigenvalue weighted by molar-refractivity contribution is 6.30. The van der Waals surface area contributed by atoms with Crippen molar-refractivity contribution in [1.82, 2.24) is 20.5 Å². The molecule has 7 nitrogen and oxygen atoms in total. The molecule has 0 aliphatic rings. The van der Waals surface area contributed by atoms with Crippen molar-refractivity contribution < 1.29 is 19.4 Å². The van der Waals surface area contributed by atoms with Crippen LogP contribution in [-0.2, 0) is 6.42 Å². The fourth-order valence-corrected chi connectivity index (χ4v) is 4.04. The number of hydrogen-bond donors (Lipinski definition) is 4. The number of benzene rings is 2. The molecule has 0 saturated carbocycles. The van der Waals surface area contributed by atoms with Crippen molar-refractivity contribution in [3.63, 3.8) is 0 Å². The number of pyridine rings is 1. The maximum absolute atomic E-state index is 15.1. The van der Waals surface area contributed by atoms with Crippen molar-refractivity contribution in [2.45, 2.75) is 19.4 Å². The third kappa shape index (κ3) is 5.46. The van der Waals surface area contributed by atoms with E-state index >= 15 is 4.39 Å². The SMILES string of the molecule is CC(CO)(CO)[C@@H](Cc1ccccn1)NC(=O)c1cccc(F)c1-c1cc(-c2ccc(Cl)cc2)n[nH]1. The molecule has 0 unspecified atom stereocenters. The summed E-state index contributed by atoms with van der Waals surface area (Å²) in [6.45, 7) is 0.922. The Balaban J connectivity index is 1.67. The van der Waals surface area contributed by atoms with E-state index in [1.165, 1.54) is 18.2 Å². The number of aliphatic hydroxyl groups is 2. The number of aliphatic hydroxyl groups excluding tert-OH is 2. The van der Waals surface area contributed by atoms with E-state index < -0.39 is 23.2 Å². The summed E-state index contributed by atoms with van der Waals surface area (Å²) in [6, 6.07) is 17.7.